The number of amides is 1. The third kappa shape index (κ3) is 5.62. The van der Waals surface area contributed by atoms with Crippen LogP contribution in [0.25, 0.3) is 10.8 Å². The largest absolute Gasteiger partial charge is 0.421 e. The molecule has 0 spiro atoms. The van der Waals surface area contributed by atoms with Gasteiger partial charge in [0.2, 0.25) is 10.0 Å². The van der Waals surface area contributed by atoms with Crippen LogP contribution in [0.1, 0.15) is 46.9 Å². The molecule has 0 saturated heterocycles. The van der Waals surface area contributed by atoms with E-state index in [9.17, 15) is 30.8 Å². The number of ether oxygens (including phenoxy) is 1. The molecule has 0 heterocycles. The highest BCUT2D eigenvalue weighted by atomic mass is 32.2. The molecule has 3 aromatic rings. The number of halogens is 4. The molecule has 0 bridgehead atoms. The van der Waals surface area contributed by atoms with Crippen LogP contribution in [0.15, 0.2) is 48.5 Å². The van der Waals surface area contributed by atoms with Crippen molar-refractivity contribution in [3.05, 3.63) is 76.6 Å². The maximum Gasteiger partial charge on any atom is 0.421 e. The molecule has 0 aliphatic carbocycles. The van der Waals surface area contributed by atoms with Crippen LogP contribution in [0.5, 0.6) is 0 Å². The predicted molar refractivity (Wildman–Crippen MR) is 130 cm³/mol. The molecule has 0 fully saturated rings. The van der Waals surface area contributed by atoms with Crippen molar-refractivity contribution in [1.82, 2.24) is 5.32 Å². The van der Waals surface area contributed by atoms with Crippen LogP contribution in [-0.2, 0) is 20.4 Å². The van der Waals surface area contributed by atoms with Gasteiger partial charge in [0.25, 0.3) is 5.91 Å². The maximum atomic E-state index is 14.7. The molecular formula is C25H26F4N2O4S. The average Bonchev–Trinajstić information content (AvgIpc) is 2.78. The number of carbonyl (C=O) groups excluding carboxylic acids is 1. The van der Waals surface area contributed by atoms with Crippen LogP contribution in [-0.4, -0.2) is 33.9 Å². The second-order valence-electron chi connectivity index (χ2n) is 8.77. The molecule has 6 nitrogen and oxygen atoms in total. The molecule has 3 aromatic carbocycles. The first kappa shape index (κ1) is 27.4. The van der Waals surface area contributed by atoms with Gasteiger partial charge >= 0.3 is 6.18 Å². The Balaban J connectivity index is 1.84. The molecule has 3 rings (SSSR count). The Labute approximate surface area is 206 Å². The summed E-state index contributed by atoms with van der Waals surface area (Å²) in [5, 5.41) is 3.72. The second-order valence-corrected chi connectivity index (χ2v) is 10.5. The summed E-state index contributed by atoms with van der Waals surface area (Å²) in [7, 11) is -2.60. The molecule has 0 saturated carbocycles. The van der Waals surface area contributed by atoms with E-state index >= 15 is 0 Å². The summed E-state index contributed by atoms with van der Waals surface area (Å²) < 4.78 is 85.2. The number of nitrogens with one attached hydrogen (secondary N) is 2. The SMILES string of the molecule is COC(C)(c1ccc2cc(C(=O)NC(C)c3cc(C)c(NS(C)(=O)=O)cc3F)ccc2c1)C(F)(F)F. The quantitative estimate of drug-likeness (QED) is 0.394. The van der Waals surface area contributed by atoms with Gasteiger partial charge < -0.3 is 10.1 Å². The van der Waals surface area contributed by atoms with Crippen molar-refractivity contribution in [2.24, 2.45) is 0 Å². The fraction of sp³-hybridized carbons (Fsp3) is 0.320. The van der Waals surface area contributed by atoms with Gasteiger partial charge in [0.1, 0.15) is 5.82 Å². The number of anilines is 1. The summed E-state index contributed by atoms with van der Waals surface area (Å²) in [5.41, 5.74) is -1.59. The van der Waals surface area contributed by atoms with E-state index in [4.69, 9.17) is 4.74 Å². The van der Waals surface area contributed by atoms with Crippen LogP contribution in [0, 0.1) is 12.7 Å². The first-order chi connectivity index (χ1) is 16.6. The number of hydrogen-bond acceptors (Lipinski definition) is 4. The van der Waals surface area contributed by atoms with Gasteiger partial charge in [0.05, 0.1) is 18.0 Å². The molecule has 2 N–H and O–H groups in total. The zero-order valence-corrected chi connectivity index (χ0v) is 21.1. The summed E-state index contributed by atoms with van der Waals surface area (Å²) >= 11 is 0. The van der Waals surface area contributed by atoms with Crippen molar-refractivity contribution in [1.29, 1.82) is 0 Å². The molecule has 0 aromatic heterocycles. The third-order valence-electron chi connectivity index (χ3n) is 6.06. The molecule has 2 unspecified atom stereocenters. The van der Waals surface area contributed by atoms with Crippen LogP contribution >= 0.6 is 0 Å². The smallest absolute Gasteiger partial charge is 0.364 e. The van der Waals surface area contributed by atoms with E-state index in [1.54, 1.807) is 13.8 Å². The number of hydrogen-bond donors (Lipinski definition) is 2. The fourth-order valence-electron chi connectivity index (χ4n) is 3.78. The lowest BCUT2D eigenvalue weighted by Crippen LogP contribution is -2.41. The predicted octanol–water partition coefficient (Wildman–Crippen LogP) is 5.57. The minimum absolute atomic E-state index is 0.0736. The molecule has 0 aliphatic rings. The van der Waals surface area contributed by atoms with Crippen molar-refractivity contribution >= 4 is 32.4 Å². The summed E-state index contributed by atoms with van der Waals surface area (Å²) in [6, 6.07) is 10.4. The monoisotopic (exact) mass is 526 g/mol. The molecule has 36 heavy (non-hydrogen) atoms. The first-order valence-corrected chi connectivity index (χ1v) is 12.7. The number of methoxy groups -OCH3 is 1. The Hall–Kier alpha value is -3.18. The Kier molecular flexibility index (Phi) is 7.39. The third-order valence-corrected chi connectivity index (χ3v) is 6.65. The Morgan fingerprint density at radius 1 is 1.03 bits per heavy atom. The van der Waals surface area contributed by atoms with E-state index in [1.165, 1.54) is 42.5 Å². The molecular weight excluding hydrogens is 500 g/mol. The van der Waals surface area contributed by atoms with Crippen LogP contribution in [0.4, 0.5) is 23.2 Å². The number of rotatable bonds is 7. The number of benzene rings is 3. The van der Waals surface area contributed by atoms with Crippen LogP contribution < -0.4 is 10.0 Å². The normalized spacial score (nSPS) is 14.8. The molecule has 0 aliphatic heterocycles. The van der Waals surface area contributed by atoms with E-state index in [1.807, 2.05) is 0 Å². The highest BCUT2D eigenvalue weighted by Gasteiger charge is 2.53. The minimum Gasteiger partial charge on any atom is -0.364 e. The van der Waals surface area contributed by atoms with Crippen molar-refractivity contribution in [3.63, 3.8) is 0 Å². The lowest BCUT2D eigenvalue weighted by Gasteiger charge is -2.31. The molecule has 2 atom stereocenters. The standard InChI is InChI=1S/C25H26F4N2O4S/c1-14-10-20(21(26)13-22(14)31-36(5,33)34)15(2)30-23(32)18-7-6-17-12-19(9-8-16(17)11-18)24(3,35-4)25(27,28)29/h6-13,15,31H,1-5H3,(H,30,32). The van der Waals surface area contributed by atoms with Crippen molar-refractivity contribution in [3.8, 4) is 0 Å². The molecule has 0 radical (unpaired) electrons. The van der Waals surface area contributed by atoms with Gasteiger partial charge in [0, 0.05) is 18.2 Å². The molecule has 11 heteroatoms. The highest BCUT2D eigenvalue weighted by molar-refractivity contribution is 7.92. The van der Waals surface area contributed by atoms with Crippen LogP contribution in [0.2, 0.25) is 0 Å². The lowest BCUT2D eigenvalue weighted by atomic mass is 9.92. The molecule has 194 valence electrons. The van der Waals surface area contributed by atoms with E-state index in [2.05, 4.69) is 10.0 Å². The summed E-state index contributed by atoms with van der Waals surface area (Å²) in [5.74, 6) is -1.21. The zero-order chi connectivity index (χ0) is 27.1. The van der Waals surface area contributed by atoms with Gasteiger partial charge in [-0.05, 0) is 73.0 Å². The number of alkyl halides is 3. The van der Waals surface area contributed by atoms with Gasteiger partial charge in [-0.25, -0.2) is 12.8 Å². The van der Waals surface area contributed by atoms with Crippen molar-refractivity contribution < 1.29 is 35.5 Å². The van der Waals surface area contributed by atoms with E-state index in [0.29, 0.717) is 16.3 Å². The number of carbonyl (C=O) groups is 1. The average molecular weight is 527 g/mol. The van der Waals surface area contributed by atoms with Gasteiger partial charge in [-0.3, -0.25) is 9.52 Å². The lowest BCUT2D eigenvalue weighted by molar-refractivity contribution is -0.269. The van der Waals surface area contributed by atoms with Crippen LogP contribution in [0.3, 0.4) is 0 Å². The summed E-state index contributed by atoms with van der Waals surface area (Å²) in [6.45, 7) is 4.13. The minimum atomic E-state index is -4.63. The Morgan fingerprint density at radius 3 is 2.22 bits per heavy atom. The number of sulfonamides is 1. The number of aryl methyl sites for hydroxylation is 1. The van der Waals surface area contributed by atoms with E-state index < -0.39 is 39.6 Å². The van der Waals surface area contributed by atoms with Gasteiger partial charge in [-0.2, -0.15) is 13.2 Å². The highest BCUT2D eigenvalue weighted by Crippen LogP contribution is 2.42. The topological polar surface area (TPSA) is 84.5 Å². The van der Waals surface area contributed by atoms with Gasteiger partial charge in [-0.15, -0.1) is 0 Å². The van der Waals surface area contributed by atoms with Crippen molar-refractivity contribution in [2.75, 3.05) is 18.1 Å². The Bertz CT molecular complexity index is 1420. The van der Waals surface area contributed by atoms with Crippen molar-refractivity contribution in [2.45, 2.75) is 38.6 Å². The second kappa shape index (κ2) is 9.70. The van der Waals surface area contributed by atoms with Gasteiger partial charge in [0.15, 0.2) is 5.60 Å². The fourth-order valence-corrected chi connectivity index (χ4v) is 4.40. The first-order valence-electron chi connectivity index (χ1n) is 10.8. The Morgan fingerprint density at radius 2 is 1.64 bits per heavy atom. The van der Waals surface area contributed by atoms with E-state index in [-0.39, 0.29) is 22.4 Å². The molecule has 1 amide bonds. The number of fused-ring (bicyclic) bond motifs is 1. The summed E-state index contributed by atoms with van der Waals surface area (Å²) in [6.07, 6.45) is -3.67. The van der Waals surface area contributed by atoms with Gasteiger partial charge in [-0.1, -0.05) is 18.2 Å². The summed E-state index contributed by atoms with van der Waals surface area (Å²) in [4.78, 5) is 12.8. The van der Waals surface area contributed by atoms with E-state index in [0.717, 1.165) is 26.4 Å². The maximum absolute atomic E-state index is 14.7. The zero-order valence-electron chi connectivity index (χ0n) is 20.2.